The van der Waals surface area contributed by atoms with Gasteiger partial charge in [-0.05, 0) is 49.6 Å². The molecule has 1 aliphatic heterocycles. The number of hydrogen-bond acceptors (Lipinski definition) is 2. The molecule has 1 heterocycles. The Labute approximate surface area is 113 Å². The highest BCUT2D eigenvalue weighted by molar-refractivity contribution is 9.13. The maximum Gasteiger partial charge on any atom is 0.0554 e. The third-order valence-corrected chi connectivity index (χ3v) is 4.65. The van der Waals surface area contributed by atoms with Crippen LogP contribution in [-0.2, 0) is 11.3 Å². The molecule has 0 bridgehead atoms. The molecule has 0 aliphatic carbocycles. The van der Waals surface area contributed by atoms with Crippen molar-refractivity contribution in [1.29, 1.82) is 0 Å². The summed E-state index contributed by atoms with van der Waals surface area (Å²) in [6.45, 7) is 5.93. The standard InChI is InChI=1S/C12H15Br2NO/c1-12(7-16-8-12)6-15-5-9-2-3-10(13)11(14)4-9/h2-4,15H,5-8H2,1H3. The molecular formula is C12H15Br2NO. The Morgan fingerprint density at radius 3 is 2.62 bits per heavy atom. The van der Waals surface area contributed by atoms with E-state index in [2.05, 4.69) is 62.3 Å². The predicted molar refractivity (Wildman–Crippen MR) is 72.5 cm³/mol. The Morgan fingerprint density at radius 1 is 1.31 bits per heavy atom. The largest absolute Gasteiger partial charge is 0.380 e. The molecule has 0 spiro atoms. The Balaban J connectivity index is 1.83. The van der Waals surface area contributed by atoms with Crippen molar-refractivity contribution in [2.75, 3.05) is 19.8 Å². The molecule has 1 saturated heterocycles. The number of nitrogens with one attached hydrogen (secondary N) is 1. The fourth-order valence-corrected chi connectivity index (χ4v) is 2.38. The molecule has 1 fully saturated rings. The number of hydrogen-bond donors (Lipinski definition) is 1. The molecule has 0 atom stereocenters. The lowest BCUT2D eigenvalue weighted by Crippen LogP contribution is -2.47. The first-order valence-corrected chi connectivity index (χ1v) is 6.90. The van der Waals surface area contributed by atoms with Gasteiger partial charge in [0.2, 0.25) is 0 Å². The average molecular weight is 349 g/mol. The zero-order chi connectivity index (χ0) is 11.6. The minimum atomic E-state index is 0.340. The van der Waals surface area contributed by atoms with Crippen LogP contribution in [0.5, 0.6) is 0 Å². The van der Waals surface area contributed by atoms with Crippen LogP contribution in [-0.4, -0.2) is 19.8 Å². The summed E-state index contributed by atoms with van der Waals surface area (Å²) < 4.78 is 7.42. The fraction of sp³-hybridized carbons (Fsp3) is 0.500. The number of rotatable bonds is 4. The van der Waals surface area contributed by atoms with Crippen molar-refractivity contribution in [3.8, 4) is 0 Å². The van der Waals surface area contributed by atoms with E-state index in [0.717, 1.165) is 35.2 Å². The van der Waals surface area contributed by atoms with Gasteiger partial charge in [-0.2, -0.15) is 0 Å². The van der Waals surface area contributed by atoms with Gasteiger partial charge in [0.1, 0.15) is 0 Å². The van der Waals surface area contributed by atoms with Gasteiger partial charge in [-0.1, -0.05) is 13.0 Å². The second-order valence-electron chi connectivity index (χ2n) is 4.66. The first-order chi connectivity index (χ1) is 7.59. The van der Waals surface area contributed by atoms with Crippen LogP contribution in [0.1, 0.15) is 12.5 Å². The van der Waals surface area contributed by atoms with Crippen LogP contribution < -0.4 is 5.32 Å². The van der Waals surface area contributed by atoms with E-state index in [0.29, 0.717) is 5.41 Å². The van der Waals surface area contributed by atoms with Gasteiger partial charge < -0.3 is 10.1 Å². The van der Waals surface area contributed by atoms with E-state index < -0.39 is 0 Å². The highest BCUT2D eigenvalue weighted by Gasteiger charge is 2.32. The molecule has 1 N–H and O–H groups in total. The molecule has 0 saturated carbocycles. The molecule has 0 unspecified atom stereocenters. The molecule has 2 nitrogen and oxygen atoms in total. The Bertz CT molecular complexity index is 377. The van der Waals surface area contributed by atoms with E-state index in [9.17, 15) is 0 Å². The van der Waals surface area contributed by atoms with E-state index in [4.69, 9.17) is 4.74 Å². The molecule has 1 aromatic rings. The topological polar surface area (TPSA) is 21.3 Å². The summed E-state index contributed by atoms with van der Waals surface area (Å²) in [4.78, 5) is 0. The second-order valence-corrected chi connectivity index (χ2v) is 6.36. The van der Waals surface area contributed by atoms with Crippen LogP contribution >= 0.6 is 31.9 Å². The molecule has 0 amide bonds. The predicted octanol–water partition coefficient (Wildman–Crippen LogP) is 3.34. The van der Waals surface area contributed by atoms with E-state index in [1.165, 1.54) is 5.56 Å². The molecule has 4 heteroatoms. The average Bonchev–Trinajstić information content (AvgIpc) is 2.21. The van der Waals surface area contributed by atoms with Crippen molar-refractivity contribution in [3.63, 3.8) is 0 Å². The lowest BCUT2D eigenvalue weighted by molar-refractivity contribution is -0.0991. The van der Waals surface area contributed by atoms with Crippen LogP contribution in [0, 0.1) is 5.41 Å². The van der Waals surface area contributed by atoms with Gasteiger partial charge in [0.15, 0.2) is 0 Å². The maximum atomic E-state index is 5.22. The summed E-state index contributed by atoms with van der Waals surface area (Å²) >= 11 is 6.97. The monoisotopic (exact) mass is 347 g/mol. The lowest BCUT2D eigenvalue weighted by atomic mass is 9.89. The highest BCUT2D eigenvalue weighted by Crippen LogP contribution is 2.26. The minimum absolute atomic E-state index is 0.340. The summed E-state index contributed by atoms with van der Waals surface area (Å²) in [5, 5.41) is 3.47. The smallest absolute Gasteiger partial charge is 0.0554 e. The van der Waals surface area contributed by atoms with Gasteiger partial charge in [-0.15, -0.1) is 0 Å². The molecule has 88 valence electrons. The van der Waals surface area contributed by atoms with Crippen LogP contribution in [0.3, 0.4) is 0 Å². The first kappa shape index (κ1) is 12.6. The van der Waals surface area contributed by atoms with Crippen molar-refractivity contribution in [2.45, 2.75) is 13.5 Å². The summed E-state index contributed by atoms with van der Waals surface area (Å²) in [5.74, 6) is 0. The highest BCUT2D eigenvalue weighted by atomic mass is 79.9. The molecule has 16 heavy (non-hydrogen) atoms. The Morgan fingerprint density at radius 2 is 2.06 bits per heavy atom. The summed E-state index contributed by atoms with van der Waals surface area (Å²) in [6.07, 6.45) is 0. The SMILES string of the molecule is CC1(CNCc2ccc(Br)c(Br)c2)COC1. The third kappa shape index (κ3) is 3.06. The van der Waals surface area contributed by atoms with Gasteiger partial charge in [-0.25, -0.2) is 0 Å². The second kappa shape index (κ2) is 5.17. The first-order valence-electron chi connectivity index (χ1n) is 5.31. The molecule has 2 rings (SSSR count). The summed E-state index contributed by atoms with van der Waals surface area (Å²) in [7, 11) is 0. The van der Waals surface area contributed by atoms with Crippen molar-refractivity contribution in [2.24, 2.45) is 5.41 Å². The maximum absolute atomic E-state index is 5.22. The number of benzene rings is 1. The zero-order valence-electron chi connectivity index (χ0n) is 9.22. The van der Waals surface area contributed by atoms with Crippen LogP contribution in [0.4, 0.5) is 0 Å². The summed E-state index contributed by atoms with van der Waals surface area (Å²) in [5.41, 5.74) is 1.63. The van der Waals surface area contributed by atoms with E-state index in [1.54, 1.807) is 0 Å². The molecule has 1 aromatic carbocycles. The van der Waals surface area contributed by atoms with Crippen molar-refractivity contribution < 1.29 is 4.74 Å². The fourth-order valence-electron chi connectivity index (χ4n) is 1.71. The van der Waals surface area contributed by atoms with E-state index >= 15 is 0 Å². The van der Waals surface area contributed by atoms with E-state index in [-0.39, 0.29) is 0 Å². The van der Waals surface area contributed by atoms with Crippen molar-refractivity contribution >= 4 is 31.9 Å². The summed E-state index contributed by atoms with van der Waals surface area (Å²) in [6, 6.07) is 6.33. The minimum Gasteiger partial charge on any atom is -0.380 e. The molecule has 0 aromatic heterocycles. The van der Waals surface area contributed by atoms with Gasteiger partial charge in [-0.3, -0.25) is 0 Å². The quantitative estimate of drug-likeness (QED) is 0.901. The third-order valence-electron chi connectivity index (χ3n) is 2.77. The Hall–Kier alpha value is 0.1000. The van der Waals surface area contributed by atoms with E-state index in [1.807, 2.05) is 0 Å². The molecular weight excluding hydrogens is 334 g/mol. The molecule has 0 radical (unpaired) electrons. The van der Waals surface area contributed by atoms with Crippen LogP contribution in [0.25, 0.3) is 0 Å². The van der Waals surface area contributed by atoms with Crippen molar-refractivity contribution in [3.05, 3.63) is 32.7 Å². The van der Waals surface area contributed by atoms with Gasteiger partial charge in [0, 0.05) is 27.4 Å². The van der Waals surface area contributed by atoms with Gasteiger partial charge >= 0.3 is 0 Å². The van der Waals surface area contributed by atoms with Gasteiger partial charge in [0.25, 0.3) is 0 Å². The Kier molecular flexibility index (Phi) is 4.06. The number of ether oxygens (including phenoxy) is 1. The number of halogens is 2. The normalized spacial score (nSPS) is 18.2. The van der Waals surface area contributed by atoms with Crippen LogP contribution in [0.15, 0.2) is 27.1 Å². The van der Waals surface area contributed by atoms with Gasteiger partial charge in [0.05, 0.1) is 13.2 Å². The molecule has 1 aliphatic rings. The zero-order valence-corrected chi connectivity index (χ0v) is 12.4. The van der Waals surface area contributed by atoms with Crippen LogP contribution in [0.2, 0.25) is 0 Å². The lowest BCUT2D eigenvalue weighted by Gasteiger charge is -2.38. The van der Waals surface area contributed by atoms with Crippen molar-refractivity contribution in [1.82, 2.24) is 5.32 Å².